The lowest BCUT2D eigenvalue weighted by atomic mass is 10.2. The van der Waals surface area contributed by atoms with E-state index in [2.05, 4.69) is 10.2 Å². The fourth-order valence-electron chi connectivity index (χ4n) is 1.81. The average Bonchev–Trinajstić information content (AvgIpc) is 2.35. The molecular weight excluding hydrogens is 254 g/mol. The van der Waals surface area contributed by atoms with E-state index in [0.29, 0.717) is 13.0 Å². The summed E-state index contributed by atoms with van der Waals surface area (Å²) in [6.07, 6.45) is 0.179. The summed E-state index contributed by atoms with van der Waals surface area (Å²) in [5, 5.41) is 12.1. The standard InChI is InChI=1S/C15H25N3O2/c1-12(19)8-9-18(4)15(20)16-14-7-5-6-13(10-14)11-17(2)3/h5-7,10,12,19H,8-9,11H2,1-4H3,(H,16,20). The van der Waals surface area contributed by atoms with Gasteiger partial charge in [0.25, 0.3) is 0 Å². The van der Waals surface area contributed by atoms with Gasteiger partial charge >= 0.3 is 6.03 Å². The van der Waals surface area contributed by atoms with Crippen LogP contribution in [0.5, 0.6) is 0 Å². The van der Waals surface area contributed by atoms with Crippen molar-refractivity contribution in [3.63, 3.8) is 0 Å². The lowest BCUT2D eigenvalue weighted by molar-refractivity contribution is 0.167. The quantitative estimate of drug-likeness (QED) is 0.837. The van der Waals surface area contributed by atoms with E-state index in [1.54, 1.807) is 18.9 Å². The second-order valence-corrected chi connectivity index (χ2v) is 5.43. The van der Waals surface area contributed by atoms with E-state index >= 15 is 0 Å². The van der Waals surface area contributed by atoms with Crippen LogP contribution in [-0.2, 0) is 6.54 Å². The first-order valence-electron chi connectivity index (χ1n) is 6.82. The van der Waals surface area contributed by atoms with Crippen LogP contribution in [0.25, 0.3) is 0 Å². The minimum Gasteiger partial charge on any atom is -0.393 e. The maximum absolute atomic E-state index is 12.0. The molecule has 0 bridgehead atoms. The highest BCUT2D eigenvalue weighted by molar-refractivity contribution is 5.89. The Hall–Kier alpha value is -1.59. The molecule has 0 fully saturated rings. The van der Waals surface area contributed by atoms with Gasteiger partial charge in [-0.25, -0.2) is 4.79 Å². The summed E-state index contributed by atoms with van der Waals surface area (Å²) < 4.78 is 0. The van der Waals surface area contributed by atoms with Crippen molar-refractivity contribution in [2.75, 3.05) is 33.0 Å². The Morgan fingerprint density at radius 3 is 2.65 bits per heavy atom. The number of amides is 2. The first-order valence-corrected chi connectivity index (χ1v) is 6.82. The molecule has 0 spiro atoms. The van der Waals surface area contributed by atoms with Crippen molar-refractivity contribution in [2.24, 2.45) is 0 Å². The number of aliphatic hydroxyl groups excluding tert-OH is 1. The summed E-state index contributed by atoms with van der Waals surface area (Å²) in [5.74, 6) is 0. The number of benzene rings is 1. The normalized spacial score (nSPS) is 12.3. The van der Waals surface area contributed by atoms with Gasteiger partial charge < -0.3 is 20.2 Å². The van der Waals surface area contributed by atoms with Gasteiger partial charge in [0.1, 0.15) is 0 Å². The van der Waals surface area contributed by atoms with E-state index in [0.717, 1.165) is 17.8 Å². The van der Waals surface area contributed by atoms with Crippen LogP contribution in [-0.4, -0.2) is 54.7 Å². The van der Waals surface area contributed by atoms with Crippen LogP contribution in [0, 0.1) is 0 Å². The minimum absolute atomic E-state index is 0.160. The molecule has 0 aromatic heterocycles. The predicted octanol–water partition coefficient (Wildman–Crippen LogP) is 1.98. The van der Waals surface area contributed by atoms with Gasteiger partial charge in [0.2, 0.25) is 0 Å². The smallest absolute Gasteiger partial charge is 0.321 e. The topological polar surface area (TPSA) is 55.8 Å². The number of urea groups is 1. The summed E-state index contributed by atoms with van der Waals surface area (Å²) >= 11 is 0. The minimum atomic E-state index is -0.395. The fourth-order valence-corrected chi connectivity index (χ4v) is 1.81. The first kappa shape index (κ1) is 16.5. The second-order valence-electron chi connectivity index (χ2n) is 5.43. The number of carbonyl (C=O) groups is 1. The highest BCUT2D eigenvalue weighted by Crippen LogP contribution is 2.12. The molecule has 5 heteroatoms. The van der Waals surface area contributed by atoms with Gasteiger partial charge in [0.05, 0.1) is 6.10 Å². The van der Waals surface area contributed by atoms with E-state index < -0.39 is 6.10 Å². The van der Waals surface area contributed by atoms with Gasteiger partial charge in [-0.15, -0.1) is 0 Å². The Kier molecular flexibility index (Phi) is 6.48. The fraction of sp³-hybridized carbons (Fsp3) is 0.533. The Balaban J connectivity index is 2.56. The zero-order valence-corrected chi connectivity index (χ0v) is 12.8. The molecule has 1 aromatic rings. The van der Waals surface area contributed by atoms with Crippen LogP contribution in [0.15, 0.2) is 24.3 Å². The monoisotopic (exact) mass is 279 g/mol. The van der Waals surface area contributed by atoms with Crippen molar-refractivity contribution in [3.8, 4) is 0 Å². The van der Waals surface area contributed by atoms with Crippen LogP contribution < -0.4 is 5.32 Å². The van der Waals surface area contributed by atoms with Gasteiger partial charge in [-0.1, -0.05) is 12.1 Å². The molecule has 2 N–H and O–H groups in total. The molecule has 1 aromatic carbocycles. The highest BCUT2D eigenvalue weighted by atomic mass is 16.3. The first-order chi connectivity index (χ1) is 9.38. The van der Waals surface area contributed by atoms with Crippen molar-refractivity contribution in [1.82, 2.24) is 9.80 Å². The number of nitrogens with one attached hydrogen (secondary N) is 1. The highest BCUT2D eigenvalue weighted by Gasteiger charge is 2.10. The number of carbonyl (C=O) groups excluding carboxylic acids is 1. The Morgan fingerprint density at radius 1 is 1.35 bits per heavy atom. The number of aliphatic hydroxyl groups is 1. The third-order valence-electron chi connectivity index (χ3n) is 2.91. The maximum atomic E-state index is 12.0. The summed E-state index contributed by atoms with van der Waals surface area (Å²) in [4.78, 5) is 15.6. The predicted molar refractivity (Wildman–Crippen MR) is 81.8 cm³/mol. The van der Waals surface area contributed by atoms with Gasteiger partial charge in [-0.3, -0.25) is 0 Å². The number of nitrogens with zero attached hydrogens (tertiary/aromatic N) is 2. The molecule has 0 saturated carbocycles. The molecular formula is C15H25N3O2. The van der Waals surface area contributed by atoms with Crippen molar-refractivity contribution in [2.45, 2.75) is 26.0 Å². The maximum Gasteiger partial charge on any atom is 0.321 e. The molecule has 0 aliphatic carbocycles. The van der Waals surface area contributed by atoms with E-state index in [-0.39, 0.29) is 6.03 Å². The van der Waals surface area contributed by atoms with E-state index in [1.807, 2.05) is 38.4 Å². The molecule has 2 amide bonds. The number of anilines is 1. The van der Waals surface area contributed by atoms with Gasteiger partial charge in [-0.2, -0.15) is 0 Å². The SMILES string of the molecule is CC(O)CCN(C)C(=O)Nc1cccc(CN(C)C)c1. The Labute approximate surface area is 121 Å². The Bertz CT molecular complexity index is 433. The van der Waals surface area contributed by atoms with Gasteiger partial charge in [0.15, 0.2) is 0 Å². The Morgan fingerprint density at radius 2 is 2.05 bits per heavy atom. The van der Waals surface area contributed by atoms with Crippen molar-refractivity contribution < 1.29 is 9.90 Å². The van der Waals surface area contributed by atoms with Crippen molar-refractivity contribution in [3.05, 3.63) is 29.8 Å². The lowest BCUT2D eigenvalue weighted by Crippen LogP contribution is -2.33. The molecule has 1 unspecified atom stereocenters. The van der Waals surface area contributed by atoms with E-state index in [4.69, 9.17) is 0 Å². The zero-order valence-electron chi connectivity index (χ0n) is 12.8. The van der Waals surface area contributed by atoms with E-state index in [9.17, 15) is 9.90 Å². The molecule has 0 heterocycles. The number of rotatable bonds is 6. The second kappa shape index (κ2) is 7.87. The van der Waals surface area contributed by atoms with Gasteiger partial charge in [0, 0.05) is 25.8 Å². The van der Waals surface area contributed by atoms with Crippen LogP contribution in [0.1, 0.15) is 18.9 Å². The number of hydrogen-bond acceptors (Lipinski definition) is 3. The zero-order chi connectivity index (χ0) is 15.1. The lowest BCUT2D eigenvalue weighted by Gasteiger charge is -2.19. The summed E-state index contributed by atoms with van der Waals surface area (Å²) in [6.45, 7) is 3.08. The van der Waals surface area contributed by atoms with Crippen LogP contribution in [0.3, 0.4) is 0 Å². The average molecular weight is 279 g/mol. The van der Waals surface area contributed by atoms with Crippen LogP contribution >= 0.6 is 0 Å². The third-order valence-corrected chi connectivity index (χ3v) is 2.91. The molecule has 0 aliphatic rings. The number of hydrogen-bond donors (Lipinski definition) is 2. The molecule has 1 rings (SSSR count). The molecule has 0 aliphatic heterocycles. The molecule has 0 radical (unpaired) electrons. The molecule has 112 valence electrons. The molecule has 20 heavy (non-hydrogen) atoms. The van der Waals surface area contributed by atoms with E-state index in [1.165, 1.54) is 0 Å². The largest absolute Gasteiger partial charge is 0.393 e. The molecule has 1 atom stereocenters. The van der Waals surface area contributed by atoms with Crippen molar-refractivity contribution in [1.29, 1.82) is 0 Å². The molecule has 5 nitrogen and oxygen atoms in total. The van der Waals surface area contributed by atoms with Gasteiger partial charge in [-0.05, 0) is 45.1 Å². The summed E-state index contributed by atoms with van der Waals surface area (Å²) in [5.41, 5.74) is 1.94. The van der Waals surface area contributed by atoms with Crippen LogP contribution in [0.4, 0.5) is 10.5 Å². The summed E-state index contributed by atoms with van der Waals surface area (Å²) in [7, 11) is 5.74. The van der Waals surface area contributed by atoms with Crippen molar-refractivity contribution >= 4 is 11.7 Å². The third kappa shape index (κ3) is 6.04. The van der Waals surface area contributed by atoms with Crippen LogP contribution in [0.2, 0.25) is 0 Å². The molecule has 0 saturated heterocycles. The summed E-state index contributed by atoms with van der Waals surface area (Å²) in [6, 6.07) is 7.66.